The summed E-state index contributed by atoms with van der Waals surface area (Å²) in [5.74, 6) is -1.55. The Bertz CT molecular complexity index is 615. The highest BCUT2D eigenvalue weighted by molar-refractivity contribution is 7.87. The summed E-state index contributed by atoms with van der Waals surface area (Å²) in [5.41, 5.74) is 0. The lowest BCUT2D eigenvalue weighted by atomic mass is 10.0. The average molecular weight is 347 g/mol. The van der Waals surface area contributed by atoms with Crippen molar-refractivity contribution in [3.8, 4) is 0 Å². The van der Waals surface area contributed by atoms with Gasteiger partial charge >= 0.3 is 5.97 Å². The van der Waals surface area contributed by atoms with Crippen LogP contribution in [-0.2, 0) is 27.8 Å². The number of hydrogen-bond acceptors (Lipinski definition) is 5. The number of nitrogens with one attached hydrogen (secondary N) is 1. The number of piperidine rings is 1. The van der Waals surface area contributed by atoms with Crippen LogP contribution in [0.4, 0.5) is 0 Å². The van der Waals surface area contributed by atoms with E-state index in [0.29, 0.717) is 25.8 Å². The third kappa shape index (κ3) is 4.48. The SMILES string of the molecule is CCc1cnc(CCNS(=O)(=O)N2CCCC(C(=O)O)C2)s1. The van der Waals surface area contributed by atoms with Gasteiger partial charge in [0.25, 0.3) is 10.2 Å². The van der Waals surface area contributed by atoms with Gasteiger partial charge in [0.2, 0.25) is 0 Å². The fraction of sp³-hybridized carbons (Fsp3) is 0.692. The van der Waals surface area contributed by atoms with E-state index in [1.165, 1.54) is 9.18 Å². The molecule has 9 heteroatoms. The summed E-state index contributed by atoms with van der Waals surface area (Å²) in [6, 6.07) is 0. The second kappa shape index (κ2) is 7.49. The van der Waals surface area contributed by atoms with Crippen LogP contribution in [0.1, 0.15) is 29.7 Å². The van der Waals surface area contributed by atoms with Crippen LogP contribution in [0.25, 0.3) is 0 Å². The minimum Gasteiger partial charge on any atom is -0.481 e. The molecule has 1 atom stereocenters. The largest absolute Gasteiger partial charge is 0.481 e. The second-order valence-electron chi connectivity index (χ2n) is 5.26. The highest BCUT2D eigenvalue weighted by Gasteiger charge is 2.31. The van der Waals surface area contributed by atoms with Gasteiger partial charge in [-0.2, -0.15) is 12.7 Å². The Hall–Kier alpha value is -1.03. The molecule has 0 aliphatic carbocycles. The second-order valence-corrected chi connectivity index (χ2v) is 8.21. The van der Waals surface area contributed by atoms with E-state index in [-0.39, 0.29) is 13.1 Å². The molecule has 1 fully saturated rings. The molecule has 124 valence electrons. The third-order valence-electron chi connectivity index (χ3n) is 3.65. The highest BCUT2D eigenvalue weighted by atomic mass is 32.2. The number of rotatable bonds is 7. The van der Waals surface area contributed by atoms with E-state index in [0.717, 1.165) is 11.4 Å². The third-order valence-corrected chi connectivity index (χ3v) is 6.43. The smallest absolute Gasteiger partial charge is 0.307 e. The Morgan fingerprint density at radius 1 is 1.59 bits per heavy atom. The van der Waals surface area contributed by atoms with Gasteiger partial charge in [-0.25, -0.2) is 9.71 Å². The zero-order valence-electron chi connectivity index (χ0n) is 12.5. The lowest BCUT2D eigenvalue weighted by Crippen LogP contribution is -2.47. The van der Waals surface area contributed by atoms with Crippen LogP contribution in [0.3, 0.4) is 0 Å². The number of nitrogens with zero attached hydrogens (tertiary/aromatic N) is 2. The molecule has 0 saturated carbocycles. The molecular formula is C13H21N3O4S2. The van der Waals surface area contributed by atoms with Gasteiger partial charge in [-0.3, -0.25) is 4.79 Å². The molecule has 0 spiro atoms. The van der Waals surface area contributed by atoms with Gasteiger partial charge in [-0.05, 0) is 19.3 Å². The van der Waals surface area contributed by atoms with E-state index in [1.807, 2.05) is 6.20 Å². The van der Waals surface area contributed by atoms with Crippen molar-refractivity contribution in [3.63, 3.8) is 0 Å². The van der Waals surface area contributed by atoms with Gasteiger partial charge in [0.05, 0.1) is 10.9 Å². The van der Waals surface area contributed by atoms with Crippen molar-refractivity contribution in [2.24, 2.45) is 5.92 Å². The predicted molar refractivity (Wildman–Crippen MR) is 84.1 cm³/mol. The Morgan fingerprint density at radius 3 is 3.00 bits per heavy atom. The topological polar surface area (TPSA) is 99.6 Å². The monoisotopic (exact) mass is 347 g/mol. The molecular weight excluding hydrogens is 326 g/mol. The summed E-state index contributed by atoms with van der Waals surface area (Å²) < 4.78 is 28.2. The molecule has 0 radical (unpaired) electrons. The summed E-state index contributed by atoms with van der Waals surface area (Å²) in [4.78, 5) is 16.4. The highest BCUT2D eigenvalue weighted by Crippen LogP contribution is 2.19. The van der Waals surface area contributed by atoms with Crippen LogP contribution in [0.15, 0.2) is 6.20 Å². The number of carboxylic acids is 1. The van der Waals surface area contributed by atoms with Crippen LogP contribution in [0, 0.1) is 5.92 Å². The number of carbonyl (C=O) groups is 1. The maximum absolute atomic E-state index is 12.2. The van der Waals surface area contributed by atoms with Gasteiger partial charge in [0.1, 0.15) is 0 Å². The molecule has 1 saturated heterocycles. The molecule has 1 aromatic heterocycles. The van der Waals surface area contributed by atoms with Crippen molar-refractivity contribution in [1.82, 2.24) is 14.0 Å². The molecule has 1 aliphatic rings. The van der Waals surface area contributed by atoms with E-state index in [1.54, 1.807) is 11.3 Å². The number of aromatic nitrogens is 1. The molecule has 0 amide bonds. The summed E-state index contributed by atoms with van der Waals surface area (Å²) in [6.07, 6.45) is 4.38. The minimum absolute atomic E-state index is 0.0436. The maximum atomic E-state index is 12.2. The molecule has 2 N–H and O–H groups in total. The first-order chi connectivity index (χ1) is 10.4. The number of carboxylic acid groups (broad SMARTS) is 1. The summed E-state index contributed by atoms with van der Waals surface area (Å²) in [6.45, 7) is 2.74. The standard InChI is InChI=1S/C13H21N3O4S2/c1-2-11-8-14-12(21-11)5-6-15-22(19,20)16-7-3-4-10(9-16)13(17)18/h8,10,15H,2-7,9H2,1H3,(H,17,18). The van der Waals surface area contributed by atoms with Gasteiger partial charge in [0.15, 0.2) is 0 Å². The molecule has 2 rings (SSSR count). The van der Waals surface area contributed by atoms with Crippen LogP contribution in [0.2, 0.25) is 0 Å². The van der Waals surface area contributed by atoms with Crippen molar-refractivity contribution < 1.29 is 18.3 Å². The van der Waals surface area contributed by atoms with Crippen molar-refractivity contribution in [1.29, 1.82) is 0 Å². The van der Waals surface area contributed by atoms with E-state index >= 15 is 0 Å². The summed E-state index contributed by atoms with van der Waals surface area (Å²) in [5, 5.41) is 9.93. The Balaban J connectivity index is 1.86. The number of thiazole rings is 1. The lowest BCUT2D eigenvalue weighted by molar-refractivity contribution is -0.142. The fourth-order valence-electron chi connectivity index (χ4n) is 2.37. The van der Waals surface area contributed by atoms with Crippen LogP contribution < -0.4 is 4.72 Å². The molecule has 0 bridgehead atoms. The van der Waals surface area contributed by atoms with Crippen molar-refractivity contribution >= 4 is 27.5 Å². The van der Waals surface area contributed by atoms with E-state index in [9.17, 15) is 13.2 Å². The number of aliphatic carboxylic acids is 1. The first kappa shape index (κ1) is 17.3. The molecule has 1 unspecified atom stereocenters. The molecule has 1 aromatic rings. The summed E-state index contributed by atoms with van der Waals surface area (Å²) >= 11 is 1.59. The number of aryl methyl sites for hydroxylation is 1. The molecule has 22 heavy (non-hydrogen) atoms. The van der Waals surface area contributed by atoms with Gasteiger partial charge in [-0.1, -0.05) is 6.92 Å². The number of hydrogen-bond donors (Lipinski definition) is 2. The quantitative estimate of drug-likeness (QED) is 0.763. The van der Waals surface area contributed by atoms with Crippen molar-refractivity contribution in [2.75, 3.05) is 19.6 Å². The fourth-order valence-corrected chi connectivity index (χ4v) is 4.52. The van der Waals surface area contributed by atoms with Gasteiger partial charge in [-0.15, -0.1) is 11.3 Å². The zero-order chi connectivity index (χ0) is 16.2. The normalized spacial score (nSPS) is 20.1. The van der Waals surface area contributed by atoms with Crippen LogP contribution >= 0.6 is 11.3 Å². The molecule has 0 aromatic carbocycles. The van der Waals surface area contributed by atoms with Crippen LogP contribution in [0.5, 0.6) is 0 Å². The van der Waals surface area contributed by atoms with Gasteiger partial charge in [0, 0.05) is 37.1 Å². The van der Waals surface area contributed by atoms with Crippen LogP contribution in [-0.4, -0.2) is 48.4 Å². The van der Waals surface area contributed by atoms with Crippen molar-refractivity contribution in [2.45, 2.75) is 32.6 Å². The van der Waals surface area contributed by atoms with E-state index < -0.39 is 22.1 Å². The first-order valence-corrected chi connectivity index (χ1v) is 9.59. The first-order valence-electron chi connectivity index (χ1n) is 7.33. The lowest BCUT2D eigenvalue weighted by Gasteiger charge is -2.29. The van der Waals surface area contributed by atoms with Gasteiger partial charge < -0.3 is 5.11 Å². The maximum Gasteiger partial charge on any atom is 0.307 e. The average Bonchev–Trinajstić information content (AvgIpc) is 2.95. The van der Waals surface area contributed by atoms with E-state index in [2.05, 4.69) is 16.6 Å². The minimum atomic E-state index is -3.62. The Morgan fingerprint density at radius 2 is 2.36 bits per heavy atom. The van der Waals surface area contributed by atoms with Crippen molar-refractivity contribution in [3.05, 3.63) is 16.1 Å². The van der Waals surface area contributed by atoms with E-state index in [4.69, 9.17) is 5.11 Å². The Kier molecular flexibility index (Phi) is 5.90. The summed E-state index contributed by atoms with van der Waals surface area (Å²) in [7, 11) is -3.62. The predicted octanol–water partition coefficient (Wildman–Crippen LogP) is 0.879. The molecule has 2 heterocycles. The molecule has 1 aliphatic heterocycles. The zero-order valence-corrected chi connectivity index (χ0v) is 14.1. The Labute approximate surface area is 134 Å². The molecule has 7 nitrogen and oxygen atoms in total.